The van der Waals surface area contributed by atoms with E-state index in [1.165, 1.54) is 11.1 Å². The Morgan fingerprint density at radius 1 is 1.00 bits per heavy atom. The number of piperazine rings is 1. The van der Waals surface area contributed by atoms with E-state index in [-0.39, 0.29) is 5.91 Å². The van der Waals surface area contributed by atoms with Gasteiger partial charge in [0, 0.05) is 55.8 Å². The molecule has 31 heavy (non-hydrogen) atoms. The first-order valence-corrected chi connectivity index (χ1v) is 11.5. The lowest BCUT2D eigenvalue weighted by Gasteiger charge is -2.35. The predicted molar refractivity (Wildman–Crippen MR) is 122 cm³/mol. The molecule has 0 atom stereocenters. The Labute approximate surface area is 187 Å². The summed E-state index contributed by atoms with van der Waals surface area (Å²) in [5, 5.41) is 0.952. The Bertz CT molecular complexity index is 1050. The Morgan fingerprint density at radius 3 is 2.61 bits per heavy atom. The number of aromatic nitrogens is 1. The van der Waals surface area contributed by atoms with Crippen LogP contribution < -0.4 is 4.74 Å². The van der Waals surface area contributed by atoms with E-state index in [1.54, 1.807) is 18.0 Å². The molecule has 3 aromatic rings. The quantitative estimate of drug-likeness (QED) is 0.608. The number of nitrogens with zero attached hydrogens (tertiary/aromatic N) is 3. The lowest BCUT2D eigenvalue weighted by atomic mass is 10.1. The van der Waals surface area contributed by atoms with Gasteiger partial charge >= 0.3 is 0 Å². The second kappa shape index (κ2) is 9.12. The van der Waals surface area contributed by atoms with Crippen molar-refractivity contribution in [3.8, 4) is 5.75 Å². The zero-order valence-corrected chi connectivity index (χ0v) is 18.2. The highest BCUT2D eigenvalue weighted by atomic mass is 32.2. The molecule has 0 aliphatic carbocycles. The van der Waals surface area contributed by atoms with E-state index in [9.17, 15) is 4.79 Å². The fraction of sp³-hybridized carbons (Fsp3) is 0.280. The van der Waals surface area contributed by atoms with Crippen LogP contribution in [0.25, 0.3) is 0 Å². The highest BCUT2D eigenvalue weighted by molar-refractivity contribution is 7.99. The first-order valence-electron chi connectivity index (χ1n) is 10.7. The number of rotatable bonds is 5. The lowest BCUT2D eigenvalue weighted by molar-refractivity contribution is 0.0628. The fourth-order valence-electron chi connectivity index (χ4n) is 4.08. The second-order valence-corrected chi connectivity index (χ2v) is 9.00. The van der Waals surface area contributed by atoms with Gasteiger partial charge in [-0.15, -0.1) is 0 Å². The van der Waals surface area contributed by atoms with Crippen molar-refractivity contribution in [1.29, 1.82) is 0 Å². The van der Waals surface area contributed by atoms with Crippen LogP contribution in [0.2, 0.25) is 0 Å². The average molecular weight is 432 g/mol. The SMILES string of the molecule is O=C(c1ccc(Sc2ccccn2)cc1)N1CCN(Cc2ccc3c(c2)CCO3)CC1. The summed E-state index contributed by atoms with van der Waals surface area (Å²) >= 11 is 1.60. The molecule has 3 heterocycles. The van der Waals surface area contributed by atoms with E-state index < -0.39 is 0 Å². The van der Waals surface area contributed by atoms with Crippen molar-refractivity contribution in [2.45, 2.75) is 22.9 Å². The molecule has 1 amide bonds. The molecular formula is C25H25N3O2S. The molecule has 0 spiro atoms. The summed E-state index contributed by atoms with van der Waals surface area (Å²) in [6.45, 7) is 5.03. The van der Waals surface area contributed by atoms with Gasteiger partial charge in [0.2, 0.25) is 0 Å². The first-order chi connectivity index (χ1) is 15.2. The maximum atomic E-state index is 12.9. The number of carbonyl (C=O) groups excluding carboxylic acids is 1. The molecule has 2 aliphatic rings. The molecule has 6 heteroatoms. The molecule has 1 saturated heterocycles. The maximum Gasteiger partial charge on any atom is 0.253 e. The van der Waals surface area contributed by atoms with Crippen LogP contribution in [0.1, 0.15) is 21.5 Å². The molecule has 0 unspecified atom stereocenters. The van der Waals surface area contributed by atoms with Crippen molar-refractivity contribution in [1.82, 2.24) is 14.8 Å². The summed E-state index contributed by atoms with van der Waals surface area (Å²) in [6, 6.07) is 20.2. The highest BCUT2D eigenvalue weighted by Gasteiger charge is 2.22. The van der Waals surface area contributed by atoms with E-state index >= 15 is 0 Å². The van der Waals surface area contributed by atoms with Crippen LogP contribution in [0.5, 0.6) is 5.75 Å². The van der Waals surface area contributed by atoms with Crippen LogP contribution in [0.3, 0.4) is 0 Å². The molecule has 0 saturated carbocycles. The first kappa shape index (κ1) is 20.1. The highest BCUT2D eigenvalue weighted by Crippen LogP contribution is 2.27. The number of fused-ring (bicyclic) bond motifs is 1. The molecular weight excluding hydrogens is 406 g/mol. The van der Waals surface area contributed by atoms with Gasteiger partial charge in [0.25, 0.3) is 5.91 Å². The van der Waals surface area contributed by atoms with E-state index in [1.807, 2.05) is 47.4 Å². The molecule has 0 N–H and O–H groups in total. The molecule has 0 bridgehead atoms. The summed E-state index contributed by atoms with van der Waals surface area (Å²) in [4.78, 5) is 22.7. The largest absolute Gasteiger partial charge is 0.493 e. The number of pyridine rings is 1. The lowest BCUT2D eigenvalue weighted by Crippen LogP contribution is -2.48. The number of ether oxygens (including phenoxy) is 1. The zero-order valence-electron chi connectivity index (χ0n) is 17.4. The fourth-order valence-corrected chi connectivity index (χ4v) is 4.86. The summed E-state index contributed by atoms with van der Waals surface area (Å²) in [7, 11) is 0. The van der Waals surface area contributed by atoms with Gasteiger partial charge in [-0.05, 0) is 53.6 Å². The van der Waals surface area contributed by atoms with E-state index in [4.69, 9.17) is 4.74 Å². The topological polar surface area (TPSA) is 45.7 Å². The van der Waals surface area contributed by atoms with Gasteiger partial charge in [-0.2, -0.15) is 0 Å². The molecule has 5 rings (SSSR count). The Balaban J connectivity index is 1.14. The zero-order chi connectivity index (χ0) is 21.0. The molecule has 158 valence electrons. The number of hydrogen-bond acceptors (Lipinski definition) is 5. The van der Waals surface area contributed by atoms with Gasteiger partial charge in [0.15, 0.2) is 0 Å². The van der Waals surface area contributed by atoms with Crippen LogP contribution in [0.4, 0.5) is 0 Å². The van der Waals surface area contributed by atoms with Crippen molar-refractivity contribution in [2.75, 3.05) is 32.8 Å². The molecule has 1 fully saturated rings. The Hall–Kier alpha value is -2.83. The van der Waals surface area contributed by atoms with Gasteiger partial charge in [0.05, 0.1) is 6.61 Å². The number of carbonyl (C=O) groups is 1. The summed E-state index contributed by atoms with van der Waals surface area (Å²) < 4.78 is 5.60. The molecule has 1 aromatic heterocycles. The third kappa shape index (κ3) is 4.75. The van der Waals surface area contributed by atoms with E-state index in [2.05, 4.69) is 28.1 Å². The van der Waals surface area contributed by atoms with Gasteiger partial charge in [0.1, 0.15) is 10.8 Å². The van der Waals surface area contributed by atoms with Gasteiger partial charge in [-0.1, -0.05) is 30.0 Å². The predicted octanol–water partition coefficient (Wildman–Crippen LogP) is 4.13. The number of benzene rings is 2. The van der Waals surface area contributed by atoms with Crippen molar-refractivity contribution in [3.05, 3.63) is 83.6 Å². The van der Waals surface area contributed by atoms with Crippen molar-refractivity contribution < 1.29 is 9.53 Å². The average Bonchev–Trinajstić information content (AvgIpc) is 3.28. The number of amides is 1. The standard InChI is InChI=1S/C25H25N3O2S/c29-25(20-5-7-22(8-6-20)31-24-3-1-2-11-26-24)28-14-12-27(13-15-28)18-19-4-9-23-21(17-19)10-16-30-23/h1-9,11,17H,10,12-16,18H2. The van der Waals surface area contributed by atoms with Gasteiger partial charge in [-0.25, -0.2) is 4.98 Å². The van der Waals surface area contributed by atoms with Crippen LogP contribution >= 0.6 is 11.8 Å². The van der Waals surface area contributed by atoms with Crippen LogP contribution in [0, 0.1) is 0 Å². The van der Waals surface area contributed by atoms with Crippen LogP contribution in [0.15, 0.2) is 76.8 Å². The Kier molecular flexibility index (Phi) is 5.91. The summed E-state index contributed by atoms with van der Waals surface area (Å²) in [5.74, 6) is 1.15. The normalized spacial score (nSPS) is 16.1. The number of hydrogen-bond donors (Lipinski definition) is 0. The monoisotopic (exact) mass is 431 g/mol. The molecule has 5 nitrogen and oxygen atoms in total. The molecule has 2 aromatic carbocycles. The van der Waals surface area contributed by atoms with Crippen molar-refractivity contribution >= 4 is 17.7 Å². The third-order valence-electron chi connectivity index (χ3n) is 5.78. The minimum absolute atomic E-state index is 0.115. The maximum absolute atomic E-state index is 12.9. The van der Waals surface area contributed by atoms with Crippen LogP contribution in [-0.2, 0) is 13.0 Å². The Morgan fingerprint density at radius 2 is 1.84 bits per heavy atom. The molecule has 2 aliphatic heterocycles. The van der Waals surface area contributed by atoms with Crippen molar-refractivity contribution in [3.63, 3.8) is 0 Å². The molecule has 0 radical (unpaired) electrons. The van der Waals surface area contributed by atoms with Crippen LogP contribution in [-0.4, -0.2) is 53.5 Å². The van der Waals surface area contributed by atoms with Gasteiger partial charge < -0.3 is 9.64 Å². The minimum Gasteiger partial charge on any atom is -0.493 e. The summed E-state index contributed by atoms with van der Waals surface area (Å²) in [5.41, 5.74) is 3.39. The summed E-state index contributed by atoms with van der Waals surface area (Å²) in [6.07, 6.45) is 2.79. The van der Waals surface area contributed by atoms with Crippen molar-refractivity contribution in [2.24, 2.45) is 0 Å². The van der Waals surface area contributed by atoms with E-state index in [0.29, 0.717) is 0 Å². The second-order valence-electron chi connectivity index (χ2n) is 7.90. The minimum atomic E-state index is 0.115. The third-order valence-corrected chi connectivity index (χ3v) is 6.74. The smallest absolute Gasteiger partial charge is 0.253 e. The van der Waals surface area contributed by atoms with Gasteiger partial charge in [-0.3, -0.25) is 9.69 Å². The van der Waals surface area contributed by atoms with E-state index in [0.717, 1.165) is 67.0 Å².